The van der Waals surface area contributed by atoms with Crippen LogP contribution < -0.4 is 0 Å². The lowest BCUT2D eigenvalue weighted by Gasteiger charge is -2.04. The monoisotopic (exact) mass is 501 g/mol. The van der Waals surface area contributed by atoms with Crippen molar-refractivity contribution in [1.82, 2.24) is 4.98 Å². The summed E-state index contributed by atoms with van der Waals surface area (Å²) in [4.78, 5) is 28.5. The molecule has 1 unspecified atom stereocenters. The maximum Gasteiger partial charge on any atom is 0.294 e. The molecule has 0 aliphatic rings. The van der Waals surface area contributed by atoms with Crippen LogP contribution in [-0.4, -0.2) is 26.2 Å². The van der Waals surface area contributed by atoms with Crippen molar-refractivity contribution >= 4 is 67.5 Å². The van der Waals surface area contributed by atoms with E-state index in [1.54, 1.807) is 24.3 Å². The molecule has 156 valence electrons. The molecule has 1 atom stereocenters. The maximum atomic E-state index is 12.7. The van der Waals surface area contributed by atoms with Gasteiger partial charge >= 0.3 is 0 Å². The van der Waals surface area contributed by atoms with E-state index in [4.69, 9.17) is 28.0 Å². The fourth-order valence-electron chi connectivity index (χ4n) is 2.46. The molecule has 12 heteroatoms. The fraction of sp³-hybridized carbons (Fsp3) is 0.111. The maximum absolute atomic E-state index is 12.7. The predicted molar refractivity (Wildman–Crippen MR) is 119 cm³/mol. The number of aromatic nitrogens is 1. The van der Waals surface area contributed by atoms with Crippen molar-refractivity contribution in [2.75, 3.05) is 6.26 Å². The van der Waals surface area contributed by atoms with Crippen molar-refractivity contribution in [3.8, 4) is 0 Å². The van der Waals surface area contributed by atoms with Crippen LogP contribution in [0, 0.1) is 14.9 Å². The minimum Gasteiger partial charge on any atom is -0.293 e. The van der Waals surface area contributed by atoms with Crippen LogP contribution in [0.5, 0.6) is 0 Å². The van der Waals surface area contributed by atoms with Crippen molar-refractivity contribution in [2.45, 2.75) is 20.4 Å². The molecule has 3 rings (SSSR count). The summed E-state index contributed by atoms with van der Waals surface area (Å²) in [5.74, 6) is -0.327. The number of hydrogen-bond donors (Lipinski definition) is 1. The normalized spacial score (nSPS) is 13.0. The summed E-state index contributed by atoms with van der Waals surface area (Å²) < 4.78 is 19.9. The van der Waals surface area contributed by atoms with E-state index in [1.807, 2.05) is 0 Å². The summed E-state index contributed by atoms with van der Waals surface area (Å²) in [5, 5.41) is 12.0. The number of benzene rings is 1. The Morgan fingerprint density at radius 1 is 1.30 bits per heavy atom. The number of hydrogen-bond acceptors (Lipinski definition) is 8. The number of thiophene rings is 1. The van der Waals surface area contributed by atoms with E-state index in [9.17, 15) is 19.1 Å². The van der Waals surface area contributed by atoms with Gasteiger partial charge in [-0.1, -0.05) is 47.1 Å². The van der Waals surface area contributed by atoms with Gasteiger partial charge in [0.25, 0.3) is 5.69 Å². The highest BCUT2D eigenvalue weighted by Crippen LogP contribution is 2.45. The van der Waals surface area contributed by atoms with E-state index in [2.05, 4.69) is 4.98 Å². The van der Waals surface area contributed by atoms with E-state index < -0.39 is 14.7 Å². The number of nitrogens with zero attached hydrogens (tertiary/aromatic N) is 2. The molecule has 0 fully saturated rings. The molecular weight excluding hydrogens is 489 g/mol. The Balaban J connectivity index is 1.91. The Morgan fingerprint density at radius 3 is 2.57 bits per heavy atom. The third-order valence-corrected chi connectivity index (χ3v) is 8.32. The number of nitro groups is 1. The van der Waals surface area contributed by atoms with E-state index in [1.165, 1.54) is 24.7 Å². The number of Topliss-reactive ketones (excluding diaryl/α,β-unsaturated/α-hetero) is 1. The van der Waals surface area contributed by atoms with Crippen LogP contribution >= 0.6 is 46.3 Å². The molecule has 0 saturated carbocycles. The molecular formula is C18H13Cl2N3O4S3. The number of carbonyl (C=O) groups is 1. The van der Waals surface area contributed by atoms with Gasteiger partial charge in [0.1, 0.15) is 4.21 Å². The zero-order valence-corrected chi connectivity index (χ0v) is 19.2. The van der Waals surface area contributed by atoms with Crippen molar-refractivity contribution < 1.29 is 13.9 Å². The molecule has 30 heavy (non-hydrogen) atoms. The van der Waals surface area contributed by atoms with Crippen LogP contribution in [-0.2, 0) is 16.1 Å². The average molecular weight is 502 g/mol. The summed E-state index contributed by atoms with van der Waals surface area (Å²) >= 11 is 14.2. The van der Waals surface area contributed by atoms with Crippen molar-refractivity contribution in [3.05, 3.63) is 73.3 Å². The Morgan fingerprint density at radius 2 is 1.97 bits per heavy atom. The SMILES string of the molecule is CS(=N)(=O)c1cccc(CC(=O)c2cc([N+](=O)[O-])c(Sc3c(Cl)cncc3Cl)s2)c1. The number of halogens is 2. The molecule has 7 nitrogen and oxygen atoms in total. The molecule has 0 aliphatic heterocycles. The molecule has 2 aromatic heterocycles. The van der Waals surface area contributed by atoms with Gasteiger partial charge in [-0.15, -0.1) is 11.3 Å². The lowest BCUT2D eigenvalue weighted by atomic mass is 10.1. The summed E-state index contributed by atoms with van der Waals surface area (Å²) in [6, 6.07) is 7.65. The quantitative estimate of drug-likeness (QED) is 0.242. The van der Waals surface area contributed by atoms with Crippen LogP contribution in [0.1, 0.15) is 15.2 Å². The minimum absolute atomic E-state index is 0.0398. The van der Waals surface area contributed by atoms with Gasteiger partial charge < -0.3 is 0 Å². The summed E-state index contributed by atoms with van der Waals surface area (Å²) in [7, 11) is -2.91. The van der Waals surface area contributed by atoms with Gasteiger partial charge in [0.15, 0.2) is 5.78 Å². The predicted octanol–water partition coefficient (Wildman–Crippen LogP) is 5.97. The molecule has 0 amide bonds. The molecule has 0 bridgehead atoms. The number of ketones is 1. The van der Waals surface area contributed by atoms with Crippen molar-refractivity contribution in [3.63, 3.8) is 0 Å². The third-order valence-electron chi connectivity index (χ3n) is 3.87. The van der Waals surface area contributed by atoms with Gasteiger partial charge in [0.2, 0.25) is 0 Å². The molecule has 0 radical (unpaired) electrons. The van der Waals surface area contributed by atoms with E-state index in [-0.39, 0.29) is 37.0 Å². The van der Waals surface area contributed by atoms with Crippen LogP contribution in [0.15, 0.2) is 56.7 Å². The highest BCUT2D eigenvalue weighted by Gasteiger charge is 2.25. The number of nitrogens with one attached hydrogen (secondary N) is 1. The van der Waals surface area contributed by atoms with Gasteiger partial charge in [-0.3, -0.25) is 19.9 Å². The van der Waals surface area contributed by atoms with E-state index >= 15 is 0 Å². The van der Waals surface area contributed by atoms with E-state index in [0.29, 0.717) is 15.4 Å². The second-order valence-electron chi connectivity index (χ2n) is 6.17. The van der Waals surface area contributed by atoms with Crippen LogP contribution in [0.2, 0.25) is 10.0 Å². The molecule has 0 aliphatic carbocycles. The first kappa shape index (κ1) is 22.7. The zero-order valence-electron chi connectivity index (χ0n) is 15.3. The lowest BCUT2D eigenvalue weighted by Crippen LogP contribution is -2.03. The van der Waals surface area contributed by atoms with Gasteiger partial charge in [0, 0.05) is 36.0 Å². The Hall–Kier alpha value is -1.98. The van der Waals surface area contributed by atoms with Gasteiger partial charge in [0.05, 0.1) is 34.5 Å². The molecule has 0 spiro atoms. The second-order valence-corrected chi connectivity index (χ2v) is 11.5. The van der Waals surface area contributed by atoms with Crippen LogP contribution in [0.25, 0.3) is 0 Å². The molecule has 1 aromatic carbocycles. The highest BCUT2D eigenvalue weighted by atomic mass is 35.5. The summed E-state index contributed by atoms with van der Waals surface area (Å²) in [5.41, 5.74) is 0.360. The molecule has 1 N–H and O–H groups in total. The molecule has 0 saturated heterocycles. The Labute approximate surface area is 190 Å². The average Bonchev–Trinajstić information content (AvgIpc) is 3.09. The number of pyridine rings is 1. The first-order chi connectivity index (χ1) is 14.1. The second kappa shape index (κ2) is 9.03. The Bertz CT molecular complexity index is 1240. The van der Waals surface area contributed by atoms with Gasteiger partial charge in [-0.05, 0) is 17.7 Å². The topological polar surface area (TPSA) is 114 Å². The summed E-state index contributed by atoms with van der Waals surface area (Å²) in [6.07, 6.45) is 4.02. The van der Waals surface area contributed by atoms with Gasteiger partial charge in [-0.25, -0.2) is 8.99 Å². The smallest absolute Gasteiger partial charge is 0.293 e. The first-order valence-corrected chi connectivity index (χ1v) is 12.5. The Kier molecular flexibility index (Phi) is 6.83. The number of rotatable bonds is 7. The zero-order chi connectivity index (χ0) is 22.1. The largest absolute Gasteiger partial charge is 0.294 e. The highest BCUT2D eigenvalue weighted by molar-refractivity contribution is 8.01. The first-order valence-electron chi connectivity index (χ1n) is 8.17. The minimum atomic E-state index is -2.91. The van der Waals surface area contributed by atoms with Crippen molar-refractivity contribution in [2.24, 2.45) is 0 Å². The fourth-order valence-corrected chi connectivity index (χ4v) is 5.98. The standard InChI is InChI=1S/C18H13Cl2N3O4S3/c1-30(21,27)11-4-2-3-10(5-11)6-15(24)16-7-14(23(25)26)18(28-16)29-17-12(19)8-22-9-13(17)20/h2-5,7-9,21H,6H2,1H3. The van der Waals surface area contributed by atoms with Crippen LogP contribution in [0.4, 0.5) is 5.69 Å². The van der Waals surface area contributed by atoms with Crippen molar-refractivity contribution in [1.29, 1.82) is 4.78 Å². The summed E-state index contributed by atoms with van der Waals surface area (Å²) in [6.45, 7) is 0. The van der Waals surface area contributed by atoms with Crippen LogP contribution in [0.3, 0.4) is 0 Å². The molecule has 2 heterocycles. The number of carbonyl (C=O) groups excluding carboxylic acids is 1. The lowest BCUT2D eigenvalue weighted by molar-refractivity contribution is -0.387. The molecule has 3 aromatic rings. The van der Waals surface area contributed by atoms with E-state index in [0.717, 1.165) is 23.1 Å². The van der Waals surface area contributed by atoms with Gasteiger partial charge in [-0.2, -0.15) is 0 Å². The third kappa shape index (κ3) is 5.19.